The number of hydrogen-bond acceptors (Lipinski definition) is 2. The molecule has 3 heteroatoms. The molecule has 0 bridgehead atoms. The van der Waals surface area contributed by atoms with E-state index in [1.54, 1.807) is 6.92 Å². The molecule has 0 saturated carbocycles. The van der Waals surface area contributed by atoms with E-state index in [9.17, 15) is 9.50 Å². The smallest absolute Gasteiger partial charge is 0.125 e. The normalized spacial score (nSPS) is 12.6. The Morgan fingerprint density at radius 3 is 2.65 bits per heavy atom. The van der Waals surface area contributed by atoms with Gasteiger partial charge in [0.2, 0.25) is 0 Å². The summed E-state index contributed by atoms with van der Waals surface area (Å²) in [7, 11) is 0. The first-order valence-electron chi connectivity index (χ1n) is 6.48. The van der Waals surface area contributed by atoms with Gasteiger partial charge < -0.3 is 9.84 Å². The molecule has 0 aliphatic rings. The summed E-state index contributed by atoms with van der Waals surface area (Å²) in [5.74, 6) is 0.118. The van der Waals surface area contributed by atoms with Crippen LogP contribution in [0.5, 0.6) is 5.75 Å². The van der Waals surface area contributed by atoms with Crippen molar-refractivity contribution in [2.75, 3.05) is 6.61 Å². The third-order valence-corrected chi connectivity index (χ3v) is 2.87. The quantitative estimate of drug-likeness (QED) is 0.892. The van der Waals surface area contributed by atoms with Crippen LogP contribution >= 0.6 is 0 Å². The fourth-order valence-electron chi connectivity index (χ4n) is 1.86. The Labute approximate surface area is 118 Å². The lowest BCUT2D eigenvalue weighted by Crippen LogP contribution is -2.01. The van der Waals surface area contributed by atoms with Crippen LogP contribution in [0.3, 0.4) is 0 Å². The van der Waals surface area contributed by atoms with E-state index in [2.05, 4.69) is 0 Å². The highest BCUT2D eigenvalue weighted by atomic mass is 19.1. The van der Waals surface area contributed by atoms with Crippen LogP contribution in [0.1, 0.15) is 24.2 Å². The Bertz CT molecular complexity index is 577. The average Bonchev–Trinajstić information content (AvgIpc) is 2.45. The molecular weight excluding hydrogens is 255 g/mol. The summed E-state index contributed by atoms with van der Waals surface area (Å²) >= 11 is 0. The third-order valence-electron chi connectivity index (χ3n) is 2.87. The van der Waals surface area contributed by atoms with Gasteiger partial charge in [0.1, 0.15) is 18.2 Å². The third kappa shape index (κ3) is 3.93. The molecule has 0 spiro atoms. The van der Waals surface area contributed by atoms with Gasteiger partial charge in [0, 0.05) is 5.56 Å². The van der Waals surface area contributed by atoms with Gasteiger partial charge in [-0.3, -0.25) is 0 Å². The SMILES string of the molecule is C[C@H](O)c1cc(F)ccc1OC/C=C/c1ccccc1. The maximum atomic E-state index is 13.1. The summed E-state index contributed by atoms with van der Waals surface area (Å²) in [4.78, 5) is 0. The van der Waals surface area contributed by atoms with E-state index in [0.29, 0.717) is 17.9 Å². The summed E-state index contributed by atoms with van der Waals surface area (Å²) in [6.07, 6.45) is 3.06. The number of aliphatic hydroxyl groups is 1. The average molecular weight is 272 g/mol. The molecule has 0 radical (unpaired) electrons. The fourth-order valence-corrected chi connectivity index (χ4v) is 1.86. The highest BCUT2D eigenvalue weighted by molar-refractivity contribution is 5.48. The molecule has 0 unspecified atom stereocenters. The lowest BCUT2D eigenvalue weighted by Gasteiger charge is -2.12. The minimum absolute atomic E-state index is 0.361. The Morgan fingerprint density at radius 1 is 1.20 bits per heavy atom. The summed E-state index contributed by atoms with van der Waals surface area (Å²) in [6.45, 7) is 1.95. The van der Waals surface area contributed by atoms with E-state index in [1.165, 1.54) is 18.2 Å². The van der Waals surface area contributed by atoms with Crippen molar-refractivity contribution in [3.8, 4) is 5.75 Å². The number of aliphatic hydroxyl groups excluding tert-OH is 1. The largest absolute Gasteiger partial charge is 0.489 e. The van der Waals surface area contributed by atoms with Crippen LogP contribution in [0.15, 0.2) is 54.6 Å². The Balaban J connectivity index is 1.99. The second-order valence-electron chi connectivity index (χ2n) is 4.48. The Morgan fingerprint density at radius 2 is 1.95 bits per heavy atom. The first-order valence-corrected chi connectivity index (χ1v) is 6.48. The molecule has 0 aliphatic carbocycles. The van der Waals surface area contributed by atoms with E-state index >= 15 is 0 Å². The monoisotopic (exact) mass is 272 g/mol. The Hall–Kier alpha value is -2.13. The summed E-state index contributed by atoms with van der Waals surface area (Å²) < 4.78 is 18.7. The molecule has 1 N–H and O–H groups in total. The minimum atomic E-state index is -0.765. The van der Waals surface area contributed by atoms with Gasteiger partial charge >= 0.3 is 0 Å². The standard InChI is InChI=1S/C17H17FO2/c1-13(19)16-12-15(18)9-10-17(16)20-11-5-8-14-6-3-2-4-7-14/h2-10,12-13,19H,11H2,1H3/b8-5+/t13-/m0/s1. The second-order valence-corrected chi connectivity index (χ2v) is 4.48. The van der Waals surface area contributed by atoms with Gasteiger partial charge in [0.15, 0.2) is 0 Å². The van der Waals surface area contributed by atoms with Crippen LogP contribution < -0.4 is 4.74 Å². The molecule has 0 aliphatic heterocycles. The molecule has 0 aromatic heterocycles. The van der Waals surface area contributed by atoms with Gasteiger partial charge in [-0.05, 0) is 36.8 Å². The maximum absolute atomic E-state index is 13.1. The molecule has 2 nitrogen and oxygen atoms in total. The zero-order chi connectivity index (χ0) is 14.4. The molecule has 20 heavy (non-hydrogen) atoms. The molecule has 2 aromatic rings. The zero-order valence-corrected chi connectivity index (χ0v) is 11.3. The van der Waals surface area contributed by atoms with Crippen LogP contribution in [-0.4, -0.2) is 11.7 Å². The summed E-state index contributed by atoms with van der Waals surface area (Å²) in [6, 6.07) is 14.0. The van der Waals surface area contributed by atoms with Crippen molar-refractivity contribution < 1.29 is 14.2 Å². The van der Waals surface area contributed by atoms with E-state index in [0.717, 1.165) is 5.56 Å². The number of hydrogen-bond donors (Lipinski definition) is 1. The van der Waals surface area contributed by atoms with E-state index < -0.39 is 6.10 Å². The molecule has 0 heterocycles. The van der Waals surface area contributed by atoms with Gasteiger partial charge in [0.25, 0.3) is 0 Å². The molecule has 0 amide bonds. The van der Waals surface area contributed by atoms with Crippen LogP contribution in [0.25, 0.3) is 6.08 Å². The number of ether oxygens (including phenoxy) is 1. The fraction of sp³-hybridized carbons (Fsp3) is 0.176. The van der Waals surface area contributed by atoms with Crippen molar-refractivity contribution in [1.29, 1.82) is 0 Å². The summed E-state index contributed by atoms with van der Waals surface area (Å²) in [5, 5.41) is 9.60. The molecule has 104 valence electrons. The van der Waals surface area contributed by atoms with Crippen LogP contribution in [-0.2, 0) is 0 Å². The van der Waals surface area contributed by atoms with Gasteiger partial charge in [-0.1, -0.05) is 36.4 Å². The van der Waals surface area contributed by atoms with Crippen molar-refractivity contribution in [2.24, 2.45) is 0 Å². The number of rotatable bonds is 5. The molecule has 2 rings (SSSR count). The highest BCUT2D eigenvalue weighted by Crippen LogP contribution is 2.25. The van der Waals surface area contributed by atoms with Gasteiger partial charge in [0.05, 0.1) is 6.10 Å². The number of benzene rings is 2. The van der Waals surface area contributed by atoms with E-state index in [-0.39, 0.29) is 5.82 Å². The maximum Gasteiger partial charge on any atom is 0.125 e. The van der Waals surface area contributed by atoms with E-state index in [4.69, 9.17) is 4.74 Å². The predicted molar refractivity (Wildman–Crippen MR) is 78.0 cm³/mol. The van der Waals surface area contributed by atoms with Crippen LogP contribution in [0.4, 0.5) is 4.39 Å². The van der Waals surface area contributed by atoms with Gasteiger partial charge in [-0.15, -0.1) is 0 Å². The molecule has 2 aromatic carbocycles. The van der Waals surface area contributed by atoms with E-state index in [1.807, 2.05) is 42.5 Å². The van der Waals surface area contributed by atoms with Crippen molar-refractivity contribution in [2.45, 2.75) is 13.0 Å². The molecular formula is C17H17FO2. The van der Waals surface area contributed by atoms with Crippen molar-refractivity contribution in [3.63, 3.8) is 0 Å². The van der Waals surface area contributed by atoms with Gasteiger partial charge in [-0.2, -0.15) is 0 Å². The first-order chi connectivity index (χ1) is 9.66. The van der Waals surface area contributed by atoms with Crippen molar-refractivity contribution in [1.82, 2.24) is 0 Å². The Kier molecular flexibility index (Phi) is 4.91. The van der Waals surface area contributed by atoms with Crippen LogP contribution in [0.2, 0.25) is 0 Å². The topological polar surface area (TPSA) is 29.5 Å². The van der Waals surface area contributed by atoms with Crippen LogP contribution in [0, 0.1) is 5.82 Å². The lowest BCUT2D eigenvalue weighted by molar-refractivity contribution is 0.192. The molecule has 0 fully saturated rings. The predicted octanol–water partition coefficient (Wildman–Crippen LogP) is 3.97. The first kappa shape index (κ1) is 14.3. The van der Waals surface area contributed by atoms with Gasteiger partial charge in [-0.25, -0.2) is 4.39 Å². The van der Waals surface area contributed by atoms with Crippen molar-refractivity contribution >= 4 is 6.08 Å². The summed E-state index contributed by atoms with van der Waals surface area (Å²) in [5.41, 5.74) is 1.55. The zero-order valence-electron chi connectivity index (χ0n) is 11.3. The molecule has 0 saturated heterocycles. The lowest BCUT2D eigenvalue weighted by atomic mass is 10.1. The second kappa shape index (κ2) is 6.87. The number of halogens is 1. The van der Waals surface area contributed by atoms with Crippen molar-refractivity contribution in [3.05, 3.63) is 71.6 Å². The highest BCUT2D eigenvalue weighted by Gasteiger charge is 2.09. The molecule has 1 atom stereocenters. The minimum Gasteiger partial charge on any atom is -0.489 e.